The third-order valence-electron chi connectivity index (χ3n) is 17.8. The molecule has 4 heteroatoms. The molecule has 4 nitrogen and oxygen atoms in total. The predicted octanol–water partition coefficient (Wildman–Crippen LogP) is 22.0. The standard InChI is InChI=1S/C78H66N4/c1-9-49-25-17-21-33-63(49)79(65-35-23-19-31-55(65)51-27-13-11-14-28-51)69-43-39-57-59-47-72-60(48-71(59)81-67-41-37-53(77(3,4)5)45-61(67)73(69)75(57)81)58-40-44-70(74-62-46-54(78(6,7)8)38-42-68(62)82(72)76(58)74)80(64-34-22-18-26-50(64)10-2)66-36-24-20-32-56(66)52-29-15-12-16-30-52/h11-48H,9-10H2,1-8H3. The molecule has 0 radical (unpaired) electrons. The summed E-state index contributed by atoms with van der Waals surface area (Å²) in [5.41, 5.74) is 24.3. The second-order valence-electron chi connectivity index (χ2n) is 24.6. The summed E-state index contributed by atoms with van der Waals surface area (Å²) in [6, 6.07) is 87.0. The molecule has 15 rings (SSSR count). The Labute approximate surface area is 480 Å². The largest absolute Gasteiger partial charge is 0.309 e. The molecule has 82 heavy (non-hydrogen) atoms. The number of para-hydroxylation sites is 4. The van der Waals surface area contributed by atoms with Gasteiger partial charge in [0.25, 0.3) is 0 Å². The van der Waals surface area contributed by atoms with Crippen molar-refractivity contribution in [1.82, 2.24) is 8.80 Å². The molecule has 4 aromatic heterocycles. The van der Waals surface area contributed by atoms with E-state index in [1.54, 1.807) is 0 Å². The molecule has 0 aliphatic carbocycles. The Morgan fingerprint density at radius 1 is 0.305 bits per heavy atom. The van der Waals surface area contributed by atoms with Gasteiger partial charge in [0.1, 0.15) is 0 Å². The van der Waals surface area contributed by atoms with Crippen molar-refractivity contribution in [2.75, 3.05) is 9.80 Å². The van der Waals surface area contributed by atoms with E-state index in [2.05, 4.69) is 305 Å². The van der Waals surface area contributed by atoms with Crippen LogP contribution in [0.15, 0.2) is 231 Å². The van der Waals surface area contributed by atoms with E-state index >= 15 is 0 Å². The summed E-state index contributed by atoms with van der Waals surface area (Å²) in [7, 11) is 0. The minimum Gasteiger partial charge on any atom is -0.309 e. The van der Waals surface area contributed by atoms with Gasteiger partial charge in [0.05, 0.1) is 55.8 Å². The number of hydrogen-bond acceptors (Lipinski definition) is 2. The Morgan fingerprint density at radius 3 is 1.06 bits per heavy atom. The number of benzene rings is 11. The fraction of sp³-hybridized carbons (Fsp3) is 0.154. The van der Waals surface area contributed by atoms with Gasteiger partial charge in [-0.25, -0.2) is 0 Å². The lowest BCUT2D eigenvalue weighted by atomic mass is 9.86. The van der Waals surface area contributed by atoms with Crippen molar-refractivity contribution in [2.24, 2.45) is 0 Å². The van der Waals surface area contributed by atoms with Crippen molar-refractivity contribution in [3.05, 3.63) is 253 Å². The molecular formula is C78H66N4. The van der Waals surface area contributed by atoms with Gasteiger partial charge in [-0.3, -0.25) is 0 Å². The lowest BCUT2D eigenvalue weighted by Gasteiger charge is -2.30. The maximum Gasteiger partial charge on any atom is 0.0641 e. The highest BCUT2D eigenvalue weighted by molar-refractivity contribution is 6.32. The van der Waals surface area contributed by atoms with Gasteiger partial charge in [-0.05, 0) is 130 Å². The molecule has 0 spiro atoms. The van der Waals surface area contributed by atoms with E-state index in [9.17, 15) is 0 Å². The topological polar surface area (TPSA) is 15.3 Å². The van der Waals surface area contributed by atoms with E-state index in [0.29, 0.717) is 0 Å². The minimum absolute atomic E-state index is 0.0586. The first-order valence-electron chi connectivity index (χ1n) is 29.4. The molecule has 11 aromatic carbocycles. The molecule has 0 N–H and O–H groups in total. The van der Waals surface area contributed by atoms with Crippen molar-refractivity contribution in [2.45, 2.75) is 79.1 Å². The fourth-order valence-electron chi connectivity index (χ4n) is 13.8. The average molecular weight is 1060 g/mol. The van der Waals surface area contributed by atoms with Crippen LogP contribution in [0.3, 0.4) is 0 Å². The van der Waals surface area contributed by atoms with Gasteiger partial charge < -0.3 is 18.6 Å². The lowest BCUT2D eigenvalue weighted by molar-refractivity contribution is 0.591. The van der Waals surface area contributed by atoms with Crippen LogP contribution in [0.25, 0.3) is 98.4 Å². The van der Waals surface area contributed by atoms with E-state index in [1.807, 2.05) is 0 Å². The Balaban J connectivity index is 1.06. The van der Waals surface area contributed by atoms with Crippen molar-refractivity contribution in [3.63, 3.8) is 0 Å². The van der Waals surface area contributed by atoms with Crippen LogP contribution >= 0.6 is 0 Å². The summed E-state index contributed by atoms with van der Waals surface area (Å²) in [5, 5.41) is 10.1. The maximum atomic E-state index is 2.61. The van der Waals surface area contributed by atoms with Gasteiger partial charge in [0.2, 0.25) is 0 Å². The zero-order chi connectivity index (χ0) is 55.8. The second-order valence-corrected chi connectivity index (χ2v) is 24.6. The number of rotatable bonds is 10. The van der Waals surface area contributed by atoms with E-state index in [-0.39, 0.29) is 10.8 Å². The monoisotopic (exact) mass is 1060 g/mol. The normalized spacial score (nSPS) is 12.5. The molecule has 0 aliphatic heterocycles. The van der Waals surface area contributed by atoms with Crippen molar-refractivity contribution >= 4 is 110 Å². The SMILES string of the molecule is CCc1ccccc1N(c1ccccc1-c1ccccc1)c1ccc2c3cc4c(cc3n3c5ccc(C(C)(C)C)cc5c1c23)c1ccc(N(c2ccccc2CC)c2ccccc2-c2ccccc2)c2c3cc(C(C)(C)C)ccc3n4c12. The zero-order valence-electron chi connectivity index (χ0n) is 48.1. The van der Waals surface area contributed by atoms with Gasteiger partial charge in [-0.1, -0.05) is 213 Å². The zero-order valence-corrected chi connectivity index (χ0v) is 48.1. The smallest absolute Gasteiger partial charge is 0.0641 e. The van der Waals surface area contributed by atoms with Crippen LogP contribution in [-0.2, 0) is 23.7 Å². The molecule has 15 aromatic rings. The van der Waals surface area contributed by atoms with Crippen molar-refractivity contribution in [3.8, 4) is 22.3 Å². The van der Waals surface area contributed by atoms with Crippen LogP contribution in [0.2, 0.25) is 0 Å². The van der Waals surface area contributed by atoms with Crippen molar-refractivity contribution in [1.29, 1.82) is 0 Å². The van der Waals surface area contributed by atoms with Crippen molar-refractivity contribution < 1.29 is 0 Å². The summed E-state index contributed by atoms with van der Waals surface area (Å²) >= 11 is 0. The number of nitrogens with zero attached hydrogens (tertiary/aromatic N) is 4. The molecule has 0 aliphatic rings. The van der Waals surface area contributed by atoms with Gasteiger partial charge in [0.15, 0.2) is 0 Å². The molecule has 0 saturated carbocycles. The van der Waals surface area contributed by atoms with Gasteiger partial charge in [-0.15, -0.1) is 0 Å². The Kier molecular flexibility index (Phi) is 11.3. The highest BCUT2D eigenvalue weighted by atomic mass is 15.2. The summed E-state index contributed by atoms with van der Waals surface area (Å²) in [6.07, 6.45) is 1.81. The predicted molar refractivity (Wildman–Crippen MR) is 352 cm³/mol. The Bertz CT molecular complexity index is 4650. The third kappa shape index (κ3) is 7.43. The maximum absolute atomic E-state index is 2.61. The molecule has 0 unspecified atom stereocenters. The number of hydrogen-bond donors (Lipinski definition) is 0. The minimum atomic E-state index is -0.0586. The Morgan fingerprint density at radius 2 is 0.671 bits per heavy atom. The summed E-state index contributed by atoms with van der Waals surface area (Å²) in [5.74, 6) is 0. The number of fused-ring (bicyclic) bond motifs is 12. The fourth-order valence-corrected chi connectivity index (χ4v) is 13.8. The molecule has 398 valence electrons. The van der Waals surface area contributed by atoms with Gasteiger partial charge in [0, 0.05) is 65.6 Å². The molecule has 0 amide bonds. The number of anilines is 6. The summed E-state index contributed by atoms with van der Waals surface area (Å²) in [6.45, 7) is 18.6. The summed E-state index contributed by atoms with van der Waals surface area (Å²) in [4.78, 5) is 5.14. The first-order chi connectivity index (χ1) is 39.9. The number of aromatic nitrogens is 2. The van der Waals surface area contributed by atoms with E-state index in [0.717, 1.165) is 24.2 Å². The van der Waals surface area contributed by atoms with Crippen LogP contribution in [0.5, 0.6) is 0 Å². The van der Waals surface area contributed by atoms with Crippen LogP contribution in [0.4, 0.5) is 34.1 Å². The molecule has 0 atom stereocenters. The van der Waals surface area contributed by atoms with E-state index in [1.165, 1.54) is 143 Å². The molecule has 0 fully saturated rings. The van der Waals surface area contributed by atoms with Gasteiger partial charge in [-0.2, -0.15) is 0 Å². The first-order valence-corrected chi connectivity index (χ1v) is 29.4. The van der Waals surface area contributed by atoms with E-state index < -0.39 is 0 Å². The molecular weight excluding hydrogens is 993 g/mol. The number of aryl methyl sites for hydroxylation is 2. The average Bonchev–Trinajstić information content (AvgIpc) is 4.18. The third-order valence-corrected chi connectivity index (χ3v) is 17.8. The molecule has 0 bridgehead atoms. The quantitative estimate of drug-likeness (QED) is 0.136. The second kappa shape index (κ2) is 18.6. The highest BCUT2D eigenvalue weighted by Crippen LogP contribution is 2.54. The van der Waals surface area contributed by atoms with Crippen LogP contribution in [-0.4, -0.2) is 8.80 Å². The lowest BCUT2D eigenvalue weighted by Crippen LogP contribution is -2.13. The van der Waals surface area contributed by atoms with Gasteiger partial charge >= 0.3 is 0 Å². The Hall–Kier alpha value is -9.38. The van der Waals surface area contributed by atoms with Crippen LogP contribution in [0, 0.1) is 0 Å². The van der Waals surface area contributed by atoms with E-state index in [4.69, 9.17) is 0 Å². The molecule has 4 heterocycles. The summed E-state index contributed by atoms with van der Waals surface area (Å²) < 4.78 is 5.21. The molecule has 0 saturated heterocycles. The highest BCUT2D eigenvalue weighted by Gasteiger charge is 2.31. The van der Waals surface area contributed by atoms with Crippen LogP contribution in [0.1, 0.15) is 77.6 Å². The van der Waals surface area contributed by atoms with Crippen LogP contribution < -0.4 is 9.80 Å². The first kappa shape index (κ1) is 49.6.